The number of anilines is 2. The Morgan fingerprint density at radius 3 is 2.60 bits per heavy atom. The van der Waals surface area contributed by atoms with Gasteiger partial charge in [0.1, 0.15) is 11.6 Å². The largest absolute Gasteiger partial charge is 0.378 e. The highest BCUT2D eigenvalue weighted by Crippen LogP contribution is 2.34. The first-order valence-corrected chi connectivity index (χ1v) is 14.9. The molecule has 4 aromatic rings. The van der Waals surface area contributed by atoms with Crippen molar-refractivity contribution in [3.63, 3.8) is 0 Å². The first-order chi connectivity index (χ1) is 20.6. The molecule has 0 unspecified atom stereocenters. The van der Waals surface area contributed by atoms with Crippen LogP contribution in [0.5, 0.6) is 0 Å². The molecule has 3 aliphatic rings. The highest BCUT2D eigenvalue weighted by atomic mass is 16.5. The van der Waals surface area contributed by atoms with Crippen molar-refractivity contribution in [3.8, 4) is 11.4 Å². The Bertz CT molecular complexity index is 1610. The lowest BCUT2D eigenvalue weighted by Gasteiger charge is -2.32. The number of nitrogens with one attached hydrogen (secondary N) is 2. The van der Waals surface area contributed by atoms with E-state index >= 15 is 0 Å². The van der Waals surface area contributed by atoms with Gasteiger partial charge < -0.3 is 24.8 Å². The van der Waals surface area contributed by atoms with Crippen LogP contribution < -0.4 is 10.2 Å². The predicted molar refractivity (Wildman–Crippen MR) is 167 cm³/mol. The number of piperazine rings is 1. The van der Waals surface area contributed by atoms with E-state index in [-0.39, 0.29) is 5.91 Å². The molecule has 0 bridgehead atoms. The third kappa shape index (κ3) is 5.68. The van der Waals surface area contributed by atoms with Gasteiger partial charge in [0, 0.05) is 57.1 Å². The lowest BCUT2D eigenvalue weighted by atomic mass is 9.99. The Morgan fingerprint density at radius 2 is 1.79 bits per heavy atom. The number of morpholine rings is 1. The molecule has 2 saturated heterocycles. The number of imidazole rings is 1. The molecule has 2 aromatic heterocycles. The van der Waals surface area contributed by atoms with E-state index in [0.29, 0.717) is 18.8 Å². The summed E-state index contributed by atoms with van der Waals surface area (Å²) in [6.07, 6.45) is 6.30. The minimum Gasteiger partial charge on any atom is -0.378 e. The van der Waals surface area contributed by atoms with Crippen LogP contribution in [-0.4, -0.2) is 90.2 Å². The third-order valence-electron chi connectivity index (χ3n) is 8.49. The number of aromatic nitrogens is 3. The van der Waals surface area contributed by atoms with E-state index in [9.17, 15) is 4.79 Å². The van der Waals surface area contributed by atoms with Gasteiger partial charge in [0.15, 0.2) is 0 Å². The summed E-state index contributed by atoms with van der Waals surface area (Å²) >= 11 is 0. The number of benzene rings is 2. The van der Waals surface area contributed by atoms with Gasteiger partial charge in [-0.2, -0.15) is 0 Å². The summed E-state index contributed by atoms with van der Waals surface area (Å²) in [5, 5.41) is 3.06. The molecule has 2 aromatic carbocycles. The van der Waals surface area contributed by atoms with Gasteiger partial charge in [0.2, 0.25) is 0 Å². The van der Waals surface area contributed by atoms with E-state index in [1.54, 1.807) is 0 Å². The minimum absolute atomic E-state index is 0.142. The number of fused-ring (bicyclic) bond motifs is 2. The van der Waals surface area contributed by atoms with Crippen molar-refractivity contribution in [2.24, 2.45) is 0 Å². The second-order valence-electron chi connectivity index (χ2n) is 11.5. The van der Waals surface area contributed by atoms with E-state index in [1.165, 1.54) is 11.1 Å². The Balaban J connectivity index is 1.10. The fourth-order valence-electron chi connectivity index (χ4n) is 5.97. The van der Waals surface area contributed by atoms with Crippen molar-refractivity contribution in [1.82, 2.24) is 24.8 Å². The SMILES string of the molecule is CN1CCN(Cc2ccc(NC(=O)c3ccc4nc(-c5cc6c(nc5N5CCOCC5)C=CCC6)[nH]c4c3)cc2)CC1. The van der Waals surface area contributed by atoms with Crippen molar-refractivity contribution >= 4 is 34.5 Å². The molecule has 9 nitrogen and oxygen atoms in total. The van der Waals surface area contributed by atoms with Crippen LogP contribution in [0.4, 0.5) is 11.5 Å². The summed E-state index contributed by atoms with van der Waals surface area (Å²) in [6, 6.07) is 16.0. The van der Waals surface area contributed by atoms with Gasteiger partial charge in [-0.3, -0.25) is 9.69 Å². The zero-order valence-corrected chi connectivity index (χ0v) is 24.1. The van der Waals surface area contributed by atoms with Gasteiger partial charge in [-0.1, -0.05) is 18.2 Å². The monoisotopic (exact) mass is 563 g/mol. The number of hydrogen-bond acceptors (Lipinski definition) is 7. The van der Waals surface area contributed by atoms with Gasteiger partial charge in [0.25, 0.3) is 5.91 Å². The van der Waals surface area contributed by atoms with Crippen LogP contribution >= 0.6 is 0 Å². The first kappa shape index (κ1) is 26.8. The van der Waals surface area contributed by atoms with Gasteiger partial charge in [-0.15, -0.1) is 0 Å². The van der Waals surface area contributed by atoms with Crippen LogP contribution in [0.2, 0.25) is 0 Å². The number of H-pyrrole nitrogens is 1. The lowest BCUT2D eigenvalue weighted by molar-refractivity contribution is 0.102. The van der Waals surface area contributed by atoms with Crippen molar-refractivity contribution in [2.45, 2.75) is 19.4 Å². The predicted octanol–water partition coefficient (Wildman–Crippen LogP) is 4.42. The smallest absolute Gasteiger partial charge is 0.255 e. The fourth-order valence-corrected chi connectivity index (χ4v) is 5.97. The lowest BCUT2D eigenvalue weighted by Crippen LogP contribution is -2.43. The van der Waals surface area contributed by atoms with Crippen LogP contribution in [0, 0.1) is 0 Å². The molecule has 1 aliphatic carbocycles. The standard InChI is InChI=1S/C33H37N7O2/c1-38-12-14-39(15-13-38)22-23-6-9-26(10-7-23)34-33(41)25-8-11-29-30(21-25)36-31(35-29)27-20-24-4-2-3-5-28(24)37-32(27)40-16-18-42-19-17-40/h3,5-11,20-21H,2,4,12-19,22H2,1H3,(H,34,41)(H,35,36). The van der Waals surface area contributed by atoms with Crippen LogP contribution in [0.15, 0.2) is 54.6 Å². The van der Waals surface area contributed by atoms with E-state index in [0.717, 1.165) is 98.3 Å². The Hall–Kier alpha value is -4.05. The van der Waals surface area contributed by atoms with Crippen LogP contribution in [-0.2, 0) is 17.7 Å². The maximum absolute atomic E-state index is 13.2. The quantitative estimate of drug-likeness (QED) is 0.359. The van der Waals surface area contributed by atoms with Crippen molar-refractivity contribution in [2.75, 3.05) is 69.7 Å². The second-order valence-corrected chi connectivity index (χ2v) is 11.5. The van der Waals surface area contributed by atoms with Crippen LogP contribution in [0.25, 0.3) is 28.5 Å². The summed E-state index contributed by atoms with van der Waals surface area (Å²) in [5.41, 5.74) is 7.54. The Labute approximate surface area is 246 Å². The number of allylic oxidation sites excluding steroid dienone is 1. The molecule has 0 radical (unpaired) electrons. The second kappa shape index (κ2) is 11.7. The topological polar surface area (TPSA) is 89.6 Å². The fraction of sp³-hybridized carbons (Fsp3) is 0.364. The zero-order valence-electron chi connectivity index (χ0n) is 24.1. The number of hydrogen-bond donors (Lipinski definition) is 2. The number of rotatable bonds is 6. The Morgan fingerprint density at radius 1 is 0.976 bits per heavy atom. The normalized spacial score (nSPS) is 17.9. The molecule has 7 rings (SSSR count). The molecular weight excluding hydrogens is 526 g/mol. The summed E-state index contributed by atoms with van der Waals surface area (Å²) in [6.45, 7) is 8.28. The van der Waals surface area contributed by atoms with Gasteiger partial charge in [0.05, 0.1) is 35.5 Å². The highest BCUT2D eigenvalue weighted by Gasteiger charge is 2.23. The number of likely N-dealkylation sites (N-methyl/N-ethyl adjacent to an activating group) is 1. The van der Waals surface area contributed by atoms with Crippen molar-refractivity contribution in [1.29, 1.82) is 0 Å². The van der Waals surface area contributed by atoms with Crippen molar-refractivity contribution < 1.29 is 9.53 Å². The Kier molecular flexibility index (Phi) is 7.46. The molecule has 2 aliphatic heterocycles. The zero-order chi connectivity index (χ0) is 28.5. The van der Waals surface area contributed by atoms with E-state index in [1.807, 2.05) is 30.3 Å². The molecule has 2 fully saturated rings. The molecule has 42 heavy (non-hydrogen) atoms. The maximum atomic E-state index is 13.2. The van der Waals surface area contributed by atoms with E-state index in [4.69, 9.17) is 14.7 Å². The number of ether oxygens (including phenoxy) is 1. The summed E-state index contributed by atoms with van der Waals surface area (Å²) in [5.74, 6) is 1.55. The van der Waals surface area contributed by atoms with Gasteiger partial charge >= 0.3 is 0 Å². The summed E-state index contributed by atoms with van der Waals surface area (Å²) in [7, 11) is 2.17. The minimum atomic E-state index is -0.142. The molecule has 1 amide bonds. The van der Waals surface area contributed by atoms with E-state index < -0.39 is 0 Å². The maximum Gasteiger partial charge on any atom is 0.255 e. The van der Waals surface area contributed by atoms with Gasteiger partial charge in [-0.05, 0) is 73.5 Å². The molecule has 0 saturated carbocycles. The number of nitrogens with zero attached hydrogens (tertiary/aromatic N) is 5. The van der Waals surface area contributed by atoms with Crippen LogP contribution in [0.1, 0.15) is 33.6 Å². The molecule has 9 heteroatoms. The van der Waals surface area contributed by atoms with Crippen LogP contribution in [0.3, 0.4) is 0 Å². The average molecular weight is 564 g/mol. The first-order valence-electron chi connectivity index (χ1n) is 14.9. The van der Waals surface area contributed by atoms with Gasteiger partial charge in [-0.25, -0.2) is 9.97 Å². The number of carbonyl (C=O) groups is 1. The number of aryl methyl sites for hydroxylation is 1. The number of aromatic amines is 1. The molecule has 2 N–H and O–H groups in total. The molecule has 0 atom stereocenters. The molecule has 0 spiro atoms. The summed E-state index contributed by atoms with van der Waals surface area (Å²) < 4.78 is 5.60. The number of pyridine rings is 1. The number of carbonyl (C=O) groups excluding carboxylic acids is 1. The summed E-state index contributed by atoms with van der Waals surface area (Å²) in [4.78, 5) is 33.8. The number of amides is 1. The highest BCUT2D eigenvalue weighted by molar-refractivity contribution is 6.06. The third-order valence-corrected chi connectivity index (χ3v) is 8.49. The van der Waals surface area contributed by atoms with E-state index in [2.05, 4.69) is 62.4 Å². The molecule has 216 valence electrons. The molecular formula is C33H37N7O2. The molecule has 4 heterocycles. The average Bonchev–Trinajstić information content (AvgIpc) is 3.46. The van der Waals surface area contributed by atoms with Crippen molar-refractivity contribution in [3.05, 3.63) is 77.0 Å².